The molecule has 0 saturated heterocycles. The fraction of sp³-hybridized carbons (Fsp3) is 0. The van der Waals surface area contributed by atoms with Crippen molar-refractivity contribution in [2.45, 2.75) is 0 Å². The van der Waals surface area contributed by atoms with Gasteiger partial charge in [0.15, 0.2) is 0 Å². The summed E-state index contributed by atoms with van der Waals surface area (Å²) in [6.45, 7) is 0. The van der Waals surface area contributed by atoms with E-state index in [9.17, 15) is 0 Å². The first-order valence-corrected chi connectivity index (χ1v) is 13.8. The molecule has 9 rings (SSSR count). The Bertz CT molecular complexity index is 2680. The molecule has 2 heterocycles. The molecule has 0 saturated carbocycles. The Hall–Kier alpha value is -5.67. The molecule has 0 aliphatic carbocycles. The van der Waals surface area contributed by atoms with Gasteiger partial charge in [0.25, 0.3) is 0 Å². The number of aromatic nitrogens is 2. The molecule has 0 amide bonds. The van der Waals surface area contributed by atoms with Crippen LogP contribution >= 0.6 is 0 Å². The van der Waals surface area contributed by atoms with Crippen LogP contribution in [-0.4, -0.2) is 9.55 Å². The Morgan fingerprint density at radius 1 is 0.548 bits per heavy atom. The van der Waals surface area contributed by atoms with Crippen LogP contribution in [0.15, 0.2) is 150 Å². The Morgan fingerprint density at radius 2 is 1.14 bits per heavy atom. The first-order valence-electron chi connectivity index (χ1n) is 16.3. The second-order valence-corrected chi connectivity index (χ2v) is 10.4. The lowest BCUT2D eigenvalue weighted by atomic mass is 9.86. The van der Waals surface area contributed by atoms with Crippen LogP contribution in [0.5, 0.6) is 0 Å². The van der Waals surface area contributed by atoms with Gasteiger partial charge in [-0.3, -0.25) is 4.57 Å². The van der Waals surface area contributed by atoms with Crippen LogP contribution in [-0.2, 0) is 0 Å². The van der Waals surface area contributed by atoms with E-state index in [0.29, 0.717) is 16.9 Å². The van der Waals surface area contributed by atoms with Gasteiger partial charge >= 0.3 is 0 Å². The van der Waals surface area contributed by atoms with Crippen molar-refractivity contribution in [1.82, 2.24) is 9.55 Å². The lowest BCUT2D eigenvalue weighted by molar-refractivity contribution is 0.669. The number of benzene rings is 7. The number of imidazole rings is 1. The maximum absolute atomic E-state index is 8.92. The topological polar surface area (TPSA) is 31.0 Å². The third-order valence-corrected chi connectivity index (χ3v) is 8.10. The summed E-state index contributed by atoms with van der Waals surface area (Å²) < 4.78 is 51.0. The number of hydrogen-bond donors (Lipinski definition) is 0. The van der Waals surface area contributed by atoms with Crippen LogP contribution in [0.25, 0.3) is 82.7 Å². The Labute approximate surface area is 248 Å². The number of furan rings is 1. The van der Waals surface area contributed by atoms with Crippen molar-refractivity contribution < 1.29 is 11.3 Å². The summed E-state index contributed by atoms with van der Waals surface area (Å²) in [6.07, 6.45) is 0. The third kappa shape index (κ3) is 3.25. The van der Waals surface area contributed by atoms with E-state index in [0.717, 1.165) is 60.2 Å². The van der Waals surface area contributed by atoms with E-state index in [4.69, 9.17) is 16.3 Å². The summed E-state index contributed by atoms with van der Waals surface area (Å²) in [5.41, 5.74) is 5.91. The molecular weight excluding hydrogens is 512 g/mol. The van der Waals surface area contributed by atoms with Gasteiger partial charge in [0.1, 0.15) is 17.0 Å². The molecule has 0 aliphatic rings. The molecule has 0 N–H and O–H groups in total. The largest absolute Gasteiger partial charge is 0.456 e. The lowest BCUT2D eigenvalue weighted by Crippen LogP contribution is -1.99. The zero-order chi connectivity index (χ0) is 32.0. The van der Waals surface area contributed by atoms with E-state index in [1.165, 1.54) is 0 Å². The normalized spacial score (nSPS) is 13.5. The summed E-state index contributed by atoms with van der Waals surface area (Å²) in [5, 5.41) is 5.93. The highest BCUT2D eigenvalue weighted by Gasteiger charge is 2.23. The molecule has 0 aliphatic heterocycles. The van der Waals surface area contributed by atoms with Crippen molar-refractivity contribution in [2.75, 3.05) is 0 Å². The van der Waals surface area contributed by atoms with E-state index in [1.807, 2.05) is 78.9 Å². The summed E-state index contributed by atoms with van der Waals surface area (Å²) in [5.74, 6) is 0.496. The average Bonchev–Trinajstić information content (AvgIpc) is 3.68. The predicted molar refractivity (Wildman–Crippen MR) is 174 cm³/mol. The van der Waals surface area contributed by atoms with Crippen LogP contribution < -0.4 is 0 Å². The molecule has 196 valence electrons. The van der Waals surface area contributed by atoms with E-state index < -0.39 is 18.1 Å². The molecular formula is C39H24N2O. The summed E-state index contributed by atoms with van der Waals surface area (Å²) in [6, 6.07) is 36.4. The Morgan fingerprint density at radius 3 is 1.88 bits per heavy atom. The molecule has 0 unspecified atom stereocenters. The maximum Gasteiger partial charge on any atom is 0.146 e. The minimum absolute atomic E-state index is 0.0616. The van der Waals surface area contributed by atoms with Crippen molar-refractivity contribution in [1.29, 1.82) is 0 Å². The van der Waals surface area contributed by atoms with E-state index in [-0.39, 0.29) is 17.8 Å². The average molecular weight is 542 g/mol. The van der Waals surface area contributed by atoms with Gasteiger partial charge in [0.05, 0.1) is 17.9 Å². The number of hydrogen-bond acceptors (Lipinski definition) is 2. The number of para-hydroxylation sites is 4. The van der Waals surface area contributed by atoms with Gasteiger partial charge in [0, 0.05) is 22.0 Å². The molecule has 0 bridgehead atoms. The van der Waals surface area contributed by atoms with Crippen LogP contribution in [0.4, 0.5) is 0 Å². The fourth-order valence-electron chi connectivity index (χ4n) is 6.42. The van der Waals surface area contributed by atoms with Crippen molar-refractivity contribution in [2.24, 2.45) is 0 Å². The zero-order valence-electron chi connectivity index (χ0n) is 27.3. The van der Waals surface area contributed by atoms with Gasteiger partial charge in [-0.05, 0) is 69.0 Å². The molecule has 0 fully saturated rings. The van der Waals surface area contributed by atoms with Gasteiger partial charge in [-0.2, -0.15) is 0 Å². The molecule has 7 aromatic carbocycles. The third-order valence-electron chi connectivity index (χ3n) is 8.10. The second-order valence-electron chi connectivity index (χ2n) is 10.4. The van der Waals surface area contributed by atoms with E-state index in [2.05, 4.69) is 36.4 Å². The highest BCUT2D eigenvalue weighted by Crippen LogP contribution is 2.47. The highest BCUT2D eigenvalue weighted by atomic mass is 16.3. The van der Waals surface area contributed by atoms with Crippen LogP contribution in [0.1, 0.15) is 6.85 Å². The number of nitrogens with zero attached hydrogens (tertiary/aromatic N) is 2. The van der Waals surface area contributed by atoms with Gasteiger partial charge < -0.3 is 4.42 Å². The van der Waals surface area contributed by atoms with E-state index >= 15 is 0 Å². The monoisotopic (exact) mass is 541 g/mol. The Balaban J connectivity index is 1.47. The minimum Gasteiger partial charge on any atom is -0.456 e. The molecule has 42 heavy (non-hydrogen) atoms. The lowest BCUT2D eigenvalue weighted by Gasteiger charge is -2.18. The molecule has 0 atom stereocenters. The van der Waals surface area contributed by atoms with Crippen LogP contribution in [0, 0.1) is 0 Å². The number of fused-ring (bicyclic) bond motifs is 6. The summed E-state index contributed by atoms with van der Waals surface area (Å²) in [7, 11) is 0. The number of rotatable bonds is 3. The summed E-state index contributed by atoms with van der Waals surface area (Å²) in [4.78, 5) is 5.12. The summed E-state index contributed by atoms with van der Waals surface area (Å²) >= 11 is 0. The SMILES string of the molecule is [2H]c1c([2H])c([2H])c(-n2c(-c3c4ccccc4c(-c4cccc5oc6ccccc6c45)c4ccccc34)nc3ccccc32)c([2H])c1[2H]. The predicted octanol–water partition coefficient (Wildman–Crippen LogP) is 10.6. The van der Waals surface area contributed by atoms with E-state index in [1.54, 1.807) is 4.57 Å². The fourth-order valence-corrected chi connectivity index (χ4v) is 6.42. The molecule has 9 aromatic rings. The minimum atomic E-state index is -0.434. The van der Waals surface area contributed by atoms with Crippen LogP contribution in [0.2, 0.25) is 0 Å². The molecule has 2 aromatic heterocycles. The van der Waals surface area contributed by atoms with Crippen LogP contribution in [0.3, 0.4) is 0 Å². The molecule has 3 heteroatoms. The van der Waals surface area contributed by atoms with Crippen molar-refractivity contribution in [3.63, 3.8) is 0 Å². The molecule has 0 radical (unpaired) electrons. The quantitative estimate of drug-likeness (QED) is 0.208. The second kappa shape index (κ2) is 8.92. The van der Waals surface area contributed by atoms with Gasteiger partial charge in [-0.15, -0.1) is 0 Å². The van der Waals surface area contributed by atoms with Crippen molar-refractivity contribution in [3.05, 3.63) is 145 Å². The van der Waals surface area contributed by atoms with Crippen molar-refractivity contribution in [3.8, 4) is 28.2 Å². The Kier molecular flexibility index (Phi) is 3.96. The zero-order valence-corrected chi connectivity index (χ0v) is 22.3. The smallest absolute Gasteiger partial charge is 0.146 e. The van der Waals surface area contributed by atoms with Gasteiger partial charge in [0.2, 0.25) is 0 Å². The first-order chi connectivity index (χ1) is 22.9. The van der Waals surface area contributed by atoms with Gasteiger partial charge in [-0.1, -0.05) is 109 Å². The highest BCUT2D eigenvalue weighted by molar-refractivity contribution is 6.25. The molecule has 3 nitrogen and oxygen atoms in total. The van der Waals surface area contributed by atoms with Gasteiger partial charge in [-0.25, -0.2) is 4.98 Å². The van der Waals surface area contributed by atoms with Crippen molar-refractivity contribution >= 4 is 54.5 Å². The maximum atomic E-state index is 8.92. The first kappa shape index (κ1) is 18.6. The standard InChI is InChI=1S/C39H24N2O/c1-2-13-25(14-3-1)41-33-22-10-9-21-32(33)40-39(41)38-28-17-6-4-15-26(28)36(27-16-5-7-18-29(27)38)31-20-12-24-35-37(31)30-19-8-11-23-34(30)42-35/h1-24H/i1D,2D,3D,13D,14D. The molecule has 0 spiro atoms.